The Bertz CT molecular complexity index is 1050. The van der Waals surface area contributed by atoms with E-state index in [0.717, 1.165) is 12.1 Å². The fourth-order valence-electron chi connectivity index (χ4n) is 3.58. The monoisotopic (exact) mass is 496 g/mol. The van der Waals surface area contributed by atoms with E-state index in [2.05, 4.69) is 5.32 Å². The van der Waals surface area contributed by atoms with Crippen molar-refractivity contribution < 1.29 is 41.7 Å². The van der Waals surface area contributed by atoms with Gasteiger partial charge in [0.15, 0.2) is 17.6 Å². The summed E-state index contributed by atoms with van der Waals surface area (Å²) in [5.41, 5.74) is 0.0867. The van der Waals surface area contributed by atoms with E-state index in [1.807, 2.05) is 4.90 Å². The summed E-state index contributed by atoms with van der Waals surface area (Å²) < 4.78 is 60.7. The number of methoxy groups -OCH3 is 2. The molecule has 0 aromatic heterocycles. The number of nitrogens with one attached hydrogen (secondary N) is 1. The molecule has 0 saturated carbocycles. The summed E-state index contributed by atoms with van der Waals surface area (Å²) in [5.74, 6) is -0.505. The third kappa shape index (κ3) is 6.78. The first kappa shape index (κ1) is 26.1. The number of amides is 1. The lowest BCUT2D eigenvalue weighted by Gasteiger charge is -2.31. The number of nitrogens with zero attached hydrogens (tertiary/aromatic N) is 1. The van der Waals surface area contributed by atoms with Crippen molar-refractivity contribution in [3.05, 3.63) is 47.5 Å². The van der Waals surface area contributed by atoms with Gasteiger partial charge < -0.3 is 29.2 Å². The molecular formula is C24H27F3N2O6. The molecule has 0 radical (unpaired) electrons. The Morgan fingerprint density at radius 1 is 1.06 bits per heavy atom. The van der Waals surface area contributed by atoms with Gasteiger partial charge in [-0.1, -0.05) is 6.07 Å². The molecule has 190 valence electrons. The largest absolute Gasteiger partial charge is 0.493 e. The Morgan fingerprint density at radius 2 is 1.74 bits per heavy atom. The lowest BCUT2D eigenvalue weighted by Crippen LogP contribution is -2.37. The number of rotatable bonds is 8. The van der Waals surface area contributed by atoms with Gasteiger partial charge in [0.2, 0.25) is 0 Å². The molecule has 1 N–H and O–H groups in total. The van der Waals surface area contributed by atoms with Crippen LogP contribution in [-0.2, 0) is 31.7 Å². The number of alkyl halides is 3. The minimum atomic E-state index is -4.58. The van der Waals surface area contributed by atoms with Crippen LogP contribution < -0.4 is 19.7 Å². The van der Waals surface area contributed by atoms with Crippen molar-refractivity contribution in [1.82, 2.24) is 0 Å². The molecule has 1 aliphatic heterocycles. The van der Waals surface area contributed by atoms with Crippen LogP contribution in [0, 0.1) is 0 Å². The molecule has 1 atom stereocenters. The fraction of sp³-hybridized carbons (Fsp3) is 0.417. The second-order valence-electron chi connectivity index (χ2n) is 7.82. The van der Waals surface area contributed by atoms with Crippen molar-refractivity contribution in [2.24, 2.45) is 0 Å². The summed E-state index contributed by atoms with van der Waals surface area (Å²) in [7, 11) is 2.95. The summed E-state index contributed by atoms with van der Waals surface area (Å²) >= 11 is 0. The third-order valence-electron chi connectivity index (χ3n) is 5.41. The Hall–Kier alpha value is -3.47. The van der Waals surface area contributed by atoms with E-state index in [9.17, 15) is 22.8 Å². The predicted molar refractivity (Wildman–Crippen MR) is 122 cm³/mol. The molecule has 11 heteroatoms. The van der Waals surface area contributed by atoms with E-state index in [4.69, 9.17) is 18.9 Å². The molecule has 8 nitrogen and oxygen atoms in total. The van der Waals surface area contributed by atoms with Crippen LogP contribution in [-0.4, -0.2) is 58.5 Å². The van der Waals surface area contributed by atoms with Crippen molar-refractivity contribution >= 4 is 23.3 Å². The maximum atomic E-state index is 13.3. The topological polar surface area (TPSA) is 86.3 Å². The standard InChI is InChI=1S/C24H27F3N2O6/c1-15(35-22(30)13-16-4-7-20(32-2)21(12-16)33-3)23(31)28-18-14-17(24(25,26)27)5-6-19(18)29-8-10-34-11-9-29/h4-7,12,14-15H,8-11,13H2,1-3H3,(H,28,31). The molecule has 1 unspecified atom stereocenters. The molecule has 35 heavy (non-hydrogen) atoms. The Balaban J connectivity index is 1.70. The number of hydrogen-bond acceptors (Lipinski definition) is 7. The average molecular weight is 496 g/mol. The molecule has 1 heterocycles. The Kier molecular flexibility index (Phi) is 8.44. The Labute approximate surface area is 200 Å². The molecule has 2 aromatic carbocycles. The summed E-state index contributed by atoms with van der Waals surface area (Å²) in [5, 5.41) is 2.49. The normalized spacial score (nSPS) is 14.7. The predicted octanol–water partition coefficient (Wildman–Crippen LogP) is 3.67. The van der Waals surface area contributed by atoms with Crippen LogP contribution in [0.3, 0.4) is 0 Å². The molecule has 1 amide bonds. The van der Waals surface area contributed by atoms with E-state index in [1.54, 1.807) is 18.2 Å². The molecule has 1 saturated heterocycles. The number of esters is 1. The number of carbonyl (C=O) groups excluding carboxylic acids is 2. The first-order valence-corrected chi connectivity index (χ1v) is 10.9. The average Bonchev–Trinajstić information content (AvgIpc) is 2.83. The molecule has 1 aliphatic rings. The van der Waals surface area contributed by atoms with Crippen LogP contribution in [0.1, 0.15) is 18.1 Å². The van der Waals surface area contributed by atoms with E-state index < -0.39 is 29.7 Å². The van der Waals surface area contributed by atoms with E-state index in [1.165, 1.54) is 27.2 Å². The summed E-state index contributed by atoms with van der Waals surface area (Å²) in [6.07, 6.45) is -5.96. The number of benzene rings is 2. The summed E-state index contributed by atoms with van der Waals surface area (Å²) in [6.45, 7) is 3.11. The number of anilines is 2. The smallest absolute Gasteiger partial charge is 0.416 e. The van der Waals surface area contributed by atoms with Gasteiger partial charge in [-0.25, -0.2) is 0 Å². The van der Waals surface area contributed by atoms with Gasteiger partial charge in [0, 0.05) is 13.1 Å². The number of ether oxygens (including phenoxy) is 4. The van der Waals surface area contributed by atoms with Crippen LogP contribution in [0.2, 0.25) is 0 Å². The van der Waals surface area contributed by atoms with Crippen molar-refractivity contribution in [3.8, 4) is 11.5 Å². The zero-order chi connectivity index (χ0) is 25.6. The molecule has 2 aromatic rings. The fourth-order valence-corrected chi connectivity index (χ4v) is 3.58. The number of carbonyl (C=O) groups is 2. The second-order valence-corrected chi connectivity index (χ2v) is 7.82. The number of morpholine rings is 1. The van der Waals surface area contributed by atoms with Crippen molar-refractivity contribution in [2.75, 3.05) is 50.7 Å². The van der Waals surface area contributed by atoms with Crippen LogP contribution in [0.25, 0.3) is 0 Å². The van der Waals surface area contributed by atoms with Gasteiger partial charge in [0.25, 0.3) is 5.91 Å². The first-order chi connectivity index (χ1) is 16.6. The van der Waals surface area contributed by atoms with Gasteiger partial charge in [-0.15, -0.1) is 0 Å². The number of hydrogen-bond donors (Lipinski definition) is 1. The van der Waals surface area contributed by atoms with Crippen LogP contribution in [0.5, 0.6) is 11.5 Å². The highest BCUT2D eigenvalue weighted by Gasteiger charge is 2.32. The van der Waals surface area contributed by atoms with Gasteiger partial charge in [0.1, 0.15) is 0 Å². The summed E-state index contributed by atoms with van der Waals surface area (Å²) in [6, 6.07) is 8.07. The molecule has 0 aliphatic carbocycles. The van der Waals surface area contributed by atoms with Gasteiger partial charge >= 0.3 is 12.1 Å². The highest BCUT2D eigenvalue weighted by atomic mass is 19.4. The molecule has 0 bridgehead atoms. The molecule has 0 spiro atoms. The van der Waals surface area contributed by atoms with E-state index in [-0.39, 0.29) is 12.1 Å². The maximum absolute atomic E-state index is 13.3. The molecular weight excluding hydrogens is 469 g/mol. The second kappa shape index (κ2) is 11.3. The van der Waals surface area contributed by atoms with Crippen LogP contribution in [0.15, 0.2) is 36.4 Å². The third-order valence-corrected chi connectivity index (χ3v) is 5.41. The quantitative estimate of drug-likeness (QED) is 0.558. The lowest BCUT2D eigenvalue weighted by atomic mass is 10.1. The zero-order valence-corrected chi connectivity index (χ0v) is 19.6. The maximum Gasteiger partial charge on any atom is 0.416 e. The first-order valence-electron chi connectivity index (χ1n) is 10.9. The minimum absolute atomic E-state index is 0.0190. The SMILES string of the molecule is COc1ccc(CC(=O)OC(C)C(=O)Nc2cc(C(F)(F)F)ccc2N2CCOCC2)cc1OC. The van der Waals surface area contributed by atoms with Crippen LogP contribution in [0.4, 0.5) is 24.5 Å². The lowest BCUT2D eigenvalue weighted by molar-refractivity contribution is -0.152. The highest BCUT2D eigenvalue weighted by molar-refractivity contribution is 5.98. The molecule has 3 rings (SSSR count). The highest BCUT2D eigenvalue weighted by Crippen LogP contribution is 2.36. The summed E-state index contributed by atoms with van der Waals surface area (Å²) in [4.78, 5) is 26.9. The van der Waals surface area contributed by atoms with Gasteiger partial charge in [-0.3, -0.25) is 9.59 Å². The minimum Gasteiger partial charge on any atom is -0.493 e. The van der Waals surface area contributed by atoms with Gasteiger partial charge in [0.05, 0.1) is 50.8 Å². The van der Waals surface area contributed by atoms with Gasteiger partial charge in [-0.05, 0) is 42.8 Å². The molecule has 1 fully saturated rings. The van der Waals surface area contributed by atoms with Crippen molar-refractivity contribution in [3.63, 3.8) is 0 Å². The van der Waals surface area contributed by atoms with E-state index >= 15 is 0 Å². The zero-order valence-electron chi connectivity index (χ0n) is 19.6. The van der Waals surface area contributed by atoms with E-state index in [0.29, 0.717) is 49.1 Å². The van der Waals surface area contributed by atoms with Crippen molar-refractivity contribution in [2.45, 2.75) is 25.6 Å². The van der Waals surface area contributed by atoms with Crippen LogP contribution >= 0.6 is 0 Å². The number of halogens is 3. The van der Waals surface area contributed by atoms with Gasteiger partial charge in [-0.2, -0.15) is 13.2 Å². The van der Waals surface area contributed by atoms with Crippen molar-refractivity contribution in [1.29, 1.82) is 0 Å². The Morgan fingerprint density at radius 3 is 2.37 bits per heavy atom.